The van der Waals surface area contributed by atoms with E-state index in [1.165, 1.54) is 12.1 Å². The van der Waals surface area contributed by atoms with Crippen LogP contribution >= 0.6 is 0 Å². The van der Waals surface area contributed by atoms with Gasteiger partial charge in [-0.1, -0.05) is 24.3 Å². The molecule has 1 aliphatic rings. The van der Waals surface area contributed by atoms with Gasteiger partial charge in [0, 0.05) is 25.3 Å². The van der Waals surface area contributed by atoms with Gasteiger partial charge in [-0.05, 0) is 29.8 Å². The van der Waals surface area contributed by atoms with E-state index in [1.54, 1.807) is 12.1 Å². The van der Waals surface area contributed by atoms with Crippen LogP contribution < -0.4 is 10.2 Å². The molecule has 1 amide bonds. The maximum atomic E-state index is 13.0. The first-order valence-corrected chi connectivity index (χ1v) is 8.91. The fourth-order valence-electron chi connectivity index (χ4n) is 3.06. The van der Waals surface area contributed by atoms with Crippen LogP contribution in [0.15, 0.2) is 48.5 Å². The highest BCUT2D eigenvalue weighted by Crippen LogP contribution is 2.31. The highest BCUT2D eigenvalue weighted by molar-refractivity contribution is 5.95. The molecule has 1 fully saturated rings. The first-order chi connectivity index (χ1) is 13.4. The first-order valence-electron chi connectivity index (χ1n) is 8.91. The van der Waals surface area contributed by atoms with Gasteiger partial charge in [0.05, 0.1) is 30.4 Å². The fourth-order valence-corrected chi connectivity index (χ4v) is 3.06. The van der Waals surface area contributed by atoms with E-state index >= 15 is 0 Å². The van der Waals surface area contributed by atoms with E-state index in [-0.39, 0.29) is 6.54 Å². The molecule has 0 spiro atoms. The van der Waals surface area contributed by atoms with Gasteiger partial charge in [-0.2, -0.15) is 13.2 Å². The zero-order valence-corrected chi connectivity index (χ0v) is 15.1. The average Bonchev–Trinajstić information content (AvgIpc) is 2.72. The number of carbonyl (C=O) groups is 1. The van der Waals surface area contributed by atoms with Gasteiger partial charge < -0.3 is 20.1 Å². The van der Waals surface area contributed by atoms with E-state index in [2.05, 4.69) is 10.2 Å². The minimum atomic E-state index is -4.62. The minimum absolute atomic E-state index is 0.193. The minimum Gasteiger partial charge on any atom is -0.387 e. The third kappa shape index (κ3) is 4.82. The largest absolute Gasteiger partial charge is 0.417 e. The molecule has 1 atom stereocenters. The molecule has 1 unspecified atom stereocenters. The molecule has 0 aromatic heterocycles. The predicted molar refractivity (Wildman–Crippen MR) is 98.2 cm³/mol. The van der Waals surface area contributed by atoms with Gasteiger partial charge in [-0.3, -0.25) is 4.79 Å². The Morgan fingerprint density at radius 2 is 1.75 bits per heavy atom. The van der Waals surface area contributed by atoms with E-state index < -0.39 is 29.3 Å². The number of rotatable bonds is 5. The maximum absolute atomic E-state index is 13.0. The first kappa shape index (κ1) is 20.2. The van der Waals surface area contributed by atoms with Gasteiger partial charge in [0.1, 0.15) is 0 Å². The quantitative estimate of drug-likeness (QED) is 0.819. The number of aliphatic hydroxyl groups excluding tert-OH is 1. The van der Waals surface area contributed by atoms with Crippen molar-refractivity contribution in [2.45, 2.75) is 12.3 Å². The number of nitrogens with zero attached hydrogens (tertiary/aromatic N) is 1. The Bertz CT molecular complexity index is 803. The van der Waals surface area contributed by atoms with E-state index in [1.807, 2.05) is 12.1 Å². The summed E-state index contributed by atoms with van der Waals surface area (Å²) >= 11 is 0. The van der Waals surface area contributed by atoms with Crippen molar-refractivity contribution in [3.63, 3.8) is 0 Å². The number of morpholine rings is 1. The Morgan fingerprint density at radius 1 is 1.11 bits per heavy atom. The summed E-state index contributed by atoms with van der Waals surface area (Å²) in [5.41, 5.74) is 0.102. The topological polar surface area (TPSA) is 61.8 Å². The summed E-state index contributed by atoms with van der Waals surface area (Å²) < 4.78 is 44.4. The molecule has 2 N–H and O–H groups in total. The number of aliphatic hydroxyl groups is 1. The number of carbonyl (C=O) groups excluding carboxylic acids is 1. The number of alkyl halides is 3. The summed E-state index contributed by atoms with van der Waals surface area (Å²) in [7, 11) is 0. The number of hydrogen-bond donors (Lipinski definition) is 2. The smallest absolute Gasteiger partial charge is 0.387 e. The lowest BCUT2D eigenvalue weighted by Gasteiger charge is -2.29. The average molecular weight is 394 g/mol. The van der Waals surface area contributed by atoms with Gasteiger partial charge in [-0.15, -0.1) is 0 Å². The summed E-state index contributed by atoms with van der Waals surface area (Å²) in [6, 6.07) is 11.8. The number of hydrogen-bond acceptors (Lipinski definition) is 4. The van der Waals surface area contributed by atoms with Crippen molar-refractivity contribution in [1.82, 2.24) is 5.32 Å². The van der Waals surface area contributed by atoms with Gasteiger partial charge in [-0.25, -0.2) is 0 Å². The summed E-state index contributed by atoms with van der Waals surface area (Å²) in [5.74, 6) is -0.878. The zero-order valence-electron chi connectivity index (χ0n) is 15.1. The lowest BCUT2D eigenvalue weighted by Crippen LogP contribution is -2.36. The molecule has 3 rings (SSSR count). The molecule has 0 aliphatic carbocycles. The highest BCUT2D eigenvalue weighted by Gasteiger charge is 2.34. The number of ether oxygens (including phenoxy) is 1. The monoisotopic (exact) mass is 394 g/mol. The van der Waals surface area contributed by atoms with Crippen molar-refractivity contribution in [1.29, 1.82) is 0 Å². The van der Waals surface area contributed by atoms with E-state index in [0.29, 0.717) is 18.8 Å². The molecular formula is C20H21F3N2O3. The Morgan fingerprint density at radius 3 is 2.39 bits per heavy atom. The van der Waals surface area contributed by atoms with Crippen LogP contribution in [0.2, 0.25) is 0 Å². The van der Waals surface area contributed by atoms with Gasteiger partial charge in [0.15, 0.2) is 0 Å². The molecule has 1 heterocycles. The number of halogens is 3. The number of nitrogens with one attached hydrogen (secondary N) is 1. The summed E-state index contributed by atoms with van der Waals surface area (Å²) in [4.78, 5) is 14.3. The second-order valence-corrected chi connectivity index (χ2v) is 6.46. The molecule has 2 aromatic rings. The molecule has 0 saturated carbocycles. The fraction of sp³-hybridized carbons (Fsp3) is 0.350. The van der Waals surface area contributed by atoms with Crippen LogP contribution in [0, 0.1) is 0 Å². The van der Waals surface area contributed by atoms with E-state index in [4.69, 9.17) is 4.74 Å². The molecule has 2 aromatic carbocycles. The Balaban J connectivity index is 1.61. The van der Waals surface area contributed by atoms with Gasteiger partial charge >= 0.3 is 6.18 Å². The highest BCUT2D eigenvalue weighted by atomic mass is 19.4. The van der Waals surface area contributed by atoms with Gasteiger partial charge in [0.2, 0.25) is 0 Å². The molecule has 1 aliphatic heterocycles. The van der Waals surface area contributed by atoms with Crippen molar-refractivity contribution >= 4 is 11.6 Å². The standard InChI is InChI=1S/C20H21F3N2O3/c21-20(22,23)17-4-2-1-3-16(17)19(27)24-13-18(26)14-5-7-15(8-6-14)25-9-11-28-12-10-25/h1-8,18,26H,9-13H2,(H,24,27). The van der Waals surface area contributed by atoms with Crippen molar-refractivity contribution < 1.29 is 27.8 Å². The van der Waals surface area contributed by atoms with Crippen LogP contribution in [0.5, 0.6) is 0 Å². The van der Waals surface area contributed by atoms with Crippen LogP contribution in [0.3, 0.4) is 0 Å². The van der Waals surface area contributed by atoms with Crippen molar-refractivity contribution in [3.8, 4) is 0 Å². The second-order valence-electron chi connectivity index (χ2n) is 6.46. The van der Waals surface area contributed by atoms with E-state index in [0.717, 1.165) is 30.9 Å². The third-order valence-corrected chi connectivity index (χ3v) is 4.59. The lowest BCUT2D eigenvalue weighted by molar-refractivity contribution is -0.137. The van der Waals surface area contributed by atoms with E-state index in [9.17, 15) is 23.1 Å². The van der Waals surface area contributed by atoms with Crippen LogP contribution in [0.4, 0.5) is 18.9 Å². The Kier molecular flexibility index (Phi) is 6.21. The van der Waals surface area contributed by atoms with Crippen molar-refractivity contribution in [2.24, 2.45) is 0 Å². The van der Waals surface area contributed by atoms with Crippen LogP contribution in [-0.2, 0) is 10.9 Å². The number of anilines is 1. The molecule has 28 heavy (non-hydrogen) atoms. The van der Waals surface area contributed by atoms with Gasteiger partial charge in [0.25, 0.3) is 5.91 Å². The number of benzene rings is 2. The number of amides is 1. The lowest BCUT2D eigenvalue weighted by atomic mass is 10.1. The zero-order chi connectivity index (χ0) is 20.1. The van der Waals surface area contributed by atoms with Crippen molar-refractivity contribution in [2.75, 3.05) is 37.7 Å². The summed E-state index contributed by atoms with van der Waals surface area (Å²) in [6.07, 6.45) is -5.65. The predicted octanol–water partition coefficient (Wildman–Crippen LogP) is 3.01. The van der Waals surface area contributed by atoms with Crippen LogP contribution in [0.1, 0.15) is 27.6 Å². The molecular weight excluding hydrogens is 373 g/mol. The molecule has 0 bridgehead atoms. The molecule has 150 valence electrons. The molecule has 0 radical (unpaired) electrons. The summed E-state index contributed by atoms with van der Waals surface area (Å²) in [5, 5.41) is 12.6. The SMILES string of the molecule is O=C(NCC(O)c1ccc(N2CCOCC2)cc1)c1ccccc1C(F)(F)F. The summed E-state index contributed by atoms with van der Waals surface area (Å²) in [6.45, 7) is 2.71. The van der Waals surface area contributed by atoms with Crippen molar-refractivity contribution in [3.05, 3.63) is 65.2 Å². The normalized spacial score (nSPS) is 15.9. The molecule has 5 nitrogen and oxygen atoms in total. The second kappa shape index (κ2) is 8.62. The maximum Gasteiger partial charge on any atom is 0.417 e. The van der Waals surface area contributed by atoms with Crippen LogP contribution in [0.25, 0.3) is 0 Å². The molecule has 8 heteroatoms. The van der Waals surface area contributed by atoms with Crippen LogP contribution in [-0.4, -0.2) is 43.9 Å². The molecule has 1 saturated heterocycles. The Hall–Kier alpha value is -2.58. The third-order valence-electron chi connectivity index (χ3n) is 4.59. The Labute approximate surface area is 160 Å².